The molecule has 7 heteroatoms. The number of benzene rings is 1. The Hall–Kier alpha value is 0.0500. The lowest BCUT2D eigenvalue weighted by atomic mass is 10.0. The monoisotopic (exact) mass is 441 g/mol. The lowest BCUT2D eigenvalue weighted by Gasteiger charge is -2.20. The molecule has 1 heterocycles. The van der Waals surface area contributed by atoms with Crippen LogP contribution >= 0.6 is 47.8 Å². The molecule has 0 aromatic heterocycles. The van der Waals surface area contributed by atoms with Crippen molar-refractivity contribution in [2.24, 2.45) is 0 Å². The zero-order valence-corrected chi connectivity index (χ0v) is 13.8. The zero-order chi connectivity index (χ0) is 13.3. The molecule has 0 amide bonds. The molecule has 0 spiro atoms. The first-order valence-corrected chi connectivity index (χ1v) is 7.53. The highest BCUT2D eigenvalue weighted by molar-refractivity contribution is 9.39. The fourth-order valence-electron chi connectivity index (χ4n) is 1.82. The standard InChI is InChI=1S/C11H10Br3NO3/c12-11(13,14)10-15-7(8(18-10)9(16)17)6-4-2-1-3-5-6/h1-5,7-8,10,15H,(H,16,17)/t7-,8+,10?/m0/s1. The van der Waals surface area contributed by atoms with Gasteiger partial charge in [0.05, 0.1) is 6.04 Å². The van der Waals surface area contributed by atoms with Gasteiger partial charge in [0.15, 0.2) is 8.25 Å². The highest BCUT2D eigenvalue weighted by atomic mass is 80.0. The van der Waals surface area contributed by atoms with Gasteiger partial charge in [-0.15, -0.1) is 0 Å². The summed E-state index contributed by atoms with van der Waals surface area (Å²) in [5.74, 6) is -0.990. The predicted octanol–water partition coefficient (Wildman–Crippen LogP) is 2.97. The van der Waals surface area contributed by atoms with E-state index in [2.05, 4.69) is 53.1 Å². The van der Waals surface area contributed by atoms with Gasteiger partial charge in [-0.05, 0) is 5.56 Å². The summed E-state index contributed by atoms with van der Waals surface area (Å²) in [5, 5.41) is 12.4. The Morgan fingerprint density at radius 2 is 1.89 bits per heavy atom. The van der Waals surface area contributed by atoms with Crippen LogP contribution in [0.15, 0.2) is 30.3 Å². The number of ether oxygens (including phenoxy) is 1. The third-order valence-corrected chi connectivity index (χ3v) is 3.86. The van der Waals surface area contributed by atoms with Crippen molar-refractivity contribution >= 4 is 53.8 Å². The van der Waals surface area contributed by atoms with Gasteiger partial charge in [0, 0.05) is 0 Å². The Balaban J connectivity index is 2.26. The number of hydrogen-bond acceptors (Lipinski definition) is 3. The molecule has 0 saturated carbocycles. The van der Waals surface area contributed by atoms with E-state index in [1.165, 1.54) is 0 Å². The first-order chi connectivity index (χ1) is 8.39. The van der Waals surface area contributed by atoms with Gasteiger partial charge in [-0.1, -0.05) is 78.1 Å². The van der Waals surface area contributed by atoms with Crippen molar-refractivity contribution in [3.8, 4) is 0 Å². The molecule has 18 heavy (non-hydrogen) atoms. The van der Waals surface area contributed by atoms with Gasteiger partial charge in [-0.25, -0.2) is 4.79 Å². The number of halogens is 3. The van der Waals surface area contributed by atoms with Crippen LogP contribution in [0.5, 0.6) is 0 Å². The number of alkyl halides is 3. The van der Waals surface area contributed by atoms with E-state index in [0.717, 1.165) is 5.56 Å². The third kappa shape index (κ3) is 3.14. The summed E-state index contributed by atoms with van der Waals surface area (Å²) in [6.07, 6.45) is -1.44. The van der Waals surface area contributed by atoms with E-state index in [4.69, 9.17) is 4.74 Å². The summed E-state index contributed by atoms with van der Waals surface area (Å²) >= 11 is 10.0. The highest BCUT2D eigenvalue weighted by Crippen LogP contribution is 2.42. The maximum atomic E-state index is 11.2. The van der Waals surface area contributed by atoms with Crippen molar-refractivity contribution in [2.45, 2.75) is 20.5 Å². The Morgan fingerprint density at radius 3 is 2.39 bits per heavy atom. The first-order valence-electron chi connectivity index (χ1n) is 5.15. The fourth-order valence-corrected chi connectivity index (χ4v) is 2.54. The molecule has 98 valence electrons. The zero-order valence-electron chi connectivity index (χ0n) is 9.02. The largest absolute Gasteiger partial charge is 0.479 e. The van der Waals surface area contributed by atoms with Gasteiger partial charge in [0.1, 0.15) is 6.23 Å². The second-order valence-corrected chi connectivity index (χ2v) is 10.8. The van der Waals surface area contributed by atoms with E-state index in [0.29, 0.717) is 0 Å². The average molecular weight is 444 g/mol. The second-order valence-electron chi connectivity index (χ2n) is 3.87. The topological polar surface area (TPSA) is 58.6 Å². The van der Waals surface area contributed by atoms with Crippen LogP contribution in [0.25, 0.3) is 0 Å². The van der Waals surface area contributed by atoms with Gasteiger partial charge in [0.25, 0.3) is 0 Å². The first kappa shape index (κ1) is 14.5. The number of carboxylic acids is 1. The molecule has 1 aliphatic heterocycles. The number of carbonyl (C=O) groups is 1. The van der Waals surface area contributed by atoms with E-state index >= 15 is 0 Å². The highest BCUT2D eigenvalue weighted by Gasteiger charge is 2.47. The van der Waals surface area contributed by atoms with Crippen LogP contribution in [0.3, 0.4) is 0 Å². The fraction of sp³-hybridized carbons (Fsp3) is 0.364. The summed E-state index contributed by atoms with van der Waals surface area (Å²) in [6, 6.07) is 8.98. The summed E-state index contributed by atoms with van der Waals surface area (Å²) in [6.45, 7) is 0. The minimum Gasteiger partial charge on any atom is -0.479 e. The van der Waals surface area contributed by atoms with Crippen molar-refractivity contribution in [3.63, 3.8) is 0 Å². The Bertz CT molecular complexity index is 435. The van der Waals surface area contributed by atoms with Crippen molar-refractivity contribution in [3.05, 3.63) is 35.9 Å². The molecule has 1 aliphatic rings. The summed E-state index contributed by atoms with van der Waals surface area (Å²) in [7, 11) is 0. The smallest absolute Gasteiger partial charge is 0.334 e. The molecule has 1 saturated heterocycles. The van der Waals surface area contributed by atoms with E-state index in [1.54, 1.807) is 0 Å². The van der Waals surface area contributed by atoms with E-state index < -0.39 is 20.4 Å². The van der Waals surface area contributed by atoms with Crippen molar-refractivity contribution in [1.29, 1.82) is 0 Å². The molecule has 4 nitrogen and oxygen atoms in total. The molecule has 1 fully saturated rings. The van der Waals surface area contributed by atoms with Gasteiger partial charge < -0.3 is 9.84 Å². The summed E-state index contributed by atoms with van der Waals surface area (Å²) in [5.41, 5.74) is 0.879. The average Bonchev–Trinajstić information content (AvgIpc) is 2.74. The minimum atomic E-state index is -0.990. The molecule has 2 rings (SSSR count). The maximum Gasteiger partial charge on any atom is 0.334 e. The summed E-state index contributed by atoms with van der Waals surface area (Å²) < 4.78 is 4.80. The number of hydrogen-bond donors (Lipinski definition) is 2. The second kappa shape index (κ2) is 5.58. The molecule has 0 bridgehead atoms. The van der Waals surface area contributed by atoms with Crippen LogP contribution in [-0.4, -0.2) is 25.6 Å². The normalized spacial score (nSPS) is 28.3. The van der Waals surface area contributed by atoms with E-state index in [1.807, 2.05) is 30.3 Å². The van der Waals surface area contributed by atoms with Crippen LogP contribution < -0.4 is 5.32 Å². The van der Waals surface area contributed by atoms with E-state index in [-0.39, 0.29) is 6.04 Å². The van der Waals surface area contributed by atoms with Crippen LogP contribution in [0.1, 0.15) is 11.6 Å². The lowest BCUT2D eigenvalue weighted by Crippen LogP contribution is -2.35. The number of rotatable bonds is 2. The molecule has 1 aromatic rings. The van der Waals surface area contributed by atoms with Gasteiger partial charge >= 0.3 is 5.97 Å². The Morgan fingerprint density at radius 1 is 1.28 bits per heavy atom. The predicted molar refractivity (Wildman–Crippen MR) is 78.1 cm³/mol. The molecule has 3 atom stereocenters. The third-order valence-electron chi connectivity index (χ3n) is 2.62. The molecule has 1 aromatic carbocycles. The molecular weight excluding hydrogens is 434 g/mol. The summed E-state index contributed by atoms with van der Waals surface area (Å²) in [4.78, 5) is 11.2. The Kier molecular flexibility index (Phi) is 4.48. The van der Waals surface area contributed by atoms with Crippen molar-refractivity contribution in [1.82, 2.24) is 5.32 Å². The SMILES string of the molecule is O=C(O)[C@@H]1OC(C(Br)(Br)Br)N[C@H]1c1ccccc1. The molecule has 0 aliphatic carbocycles. The molecule has 1 unspecified atom stereocenters. The quantitative estimate of drug-likeness (QED) is 0.690. The van der Waals surface area contributed by atoms with Crippen molar-refractivity contribution in [2.75, 3.05) is 0 Å². The van der Waals surface area contributed by atoms with Crippen LogP contribution in [0.2, 0.25) is 0 Å². The molecule has 0 radical (unpaired) electrons. The molecular formula is C11H10Br3NO3. The minimum absolute atomic E-state index is 0.388. The van der Waals surface area contributed by atoms with Gasteiger partial charge in [-0.3, -0.25) is 5.32 Å². The number of nitrogens with one attached hydrogen (secondary N) is 1. The van der Waals surface area contributed by atoms with Crippen LogP contribution in [-0.2, 0) is 9.53 Å². The van der Waals surface area contributed by atoms with Crippen molar-refractivity contribution < 1.29 is 14.6 Å². The lowest BCUT2D eigenvalue weighted by molar-refractivity contribution is -0.149. The van der Waals surface area contributed by atoms with Gasteiger partial charge in [-0.2, -0.15) is 0 Å². The number of aliphatic carboxylic acids is 1. The maximum absolute atomic E-state index is 11.2. The van der Waals surface area contributed by atoms with E-state index in [9.17, 15) is 9.90 Å². The van der Waals surface area contributed by atoms with Gasteiger partial charge in [0.2, 0.25) is 0 Å². The number of carboxylic acid groups (broad SMARTS) is 1. The molecule has 2 N–H and O–H groups in total. The van der Waals surface area contributed by atoms with Crippen LogP contribution in [0, 0.1) is 0 Å². The Labute approximate surface area is 129 Å². The van der Waals surface area contributed by atoms with Crippen LogP contribution in [0.4, 0.5) is 0 Å².